The van der Waals surface area contributed by atoms with Gasteiger partial charge in [0.2, 0.25) is 0 Å². The highest BCUT2D eigenvalue weighted by molar-refractivity contribution is 5.68. The third kappa shape index (κ3) is 5.26. The van der Waals surface area contributed by atoms with E-state index in [1.165, 1.54) is 11.0 Å². The lowest BCUT2D eigenvalue weighted by atomic mass is 10.2. The molecule has 0 aliphatic rings. The number of ether oxygens (including phenoxy) is 1. The number of benzene rings is 1. The van der Waals surface area contributed by atoms with Gasteiger partial charge in [-0.2, -0.15) is 0 Å². The number of aliphatic hydroxyl groups excluding tert-OH is 1. The Balaban J connectivity index is 2.78. The van der Waals surface area contributed by atoms with Crippen molar-refractivity contribution in [2.24, 2.45) is 0 Å². The first-order chi connectivity index (χ1) is 8.83. The van der Waals surface area contributed by atoms with Crippen LogP contribution in [-0.2, 0) is 11.3 Å². The Kier molecular flexibility index (Phi) is 5.30. The highest BCUT2D eigenvalue weighted by Crippen LogP contribution is 2.14. The number of hydrogen-bond donors (Lipinski definition) is 1. The molecule has 0 heterocycles. The predicted molar refractivity (Wildman–Crippen MR) is 70.1 cm³/mol. The van der Waals surface area contributed by atoms with Gasteiger partial charge in [0, 0.05) is 12.1 Å². The van der Waals surface area contributed by atoms with Gasteiger partial charge in [0.05, 0.1) is 13.2 Å². The van der Waals surface area contributed by atoms with Gasteiger partial charge in [-0.1, -0.05) is 18.2 Å². The molecule has 0 saturated carbocycles. The van der Waals surface area contributed by atoms with Crippen LogP contribution in [0, 0.1) is 5.82 Å². The Morgan fingerprint density at radius 2 is 2.00 bits per heavy atom. The van der Waals surface area contributed by atoms with Gasteiger partial charge in [-0.25, -0.2) is 9.18 Å². The SMILES string of the molecule is CC(C)(C)OC(=O)N(CCO)Cc1ccccc1F. The number of nitrogens with zero attached hydrogens (tertiary/aromatic N) is 1. The number of halogens is 1. The molecular formula is C14H20FNO3. The molecule has 5 heteroatoms. The van der Waals surface area contributed by atoms with Crippen molar-refractivity contribution in [3.8, 4) is 0 Å². The van der Waals surface area contributed by atoms with E-state index >= 15 is 0 Å². The summed E-state index contributed by atoms with van der Waals surface area (Å²) in [7, 11) is 0. The van der Waals surface area contributed by atoms with E-state index in [0.717, 1.165) is 0 Å². The minimum absolute atomic E-state index is 0.0716. The van der Waals surface area contributed by atoms with E-state index in [1.54, 1.807) is 39.0 Å². The molecule has 1 rings (SSSR count). The monoisotopic (exact) mass is 269 g/mol. The van der Waals surface area contributed by atoms with Crippen LogP contribution in [0.3, 0.4) is 0 Å². The predicted octanol–water partition coefficient (Wildman–Crippen LogP) is 2.56. The molecule has 1 amide bonds. The Morgan fingerprint density at radius 1 is 1.37 bits per heavy atom. The molecule has 0 radical (unpaired) electrons. The summed E-state index contributed by atoms with van der Waals surface area (Å²) in [6.45, 7) is 5.24. The zero-order chi connectivity index (χ0) is 14.5. The molecular weight excluding hydrogens is 249 g/mol. The van der Waals surface area contributed by atoms with E-state index in [2.05, 4.69) is 0 Å². The first-order valence-electron chi connectivity index (χ1n) is 6.15. The van der Waals surface area contributed by atoms with Crippen LogP contribution >= 0.6 is 0 Å². The maximum absolute atomic E-state index is 13.6. The number of rotatable bonds is 4. The van der Waals surface area contributed by atoms with E-state index < -0.39 is 11.7 Å². The molecule has 19 heavy (non-hydrogen) atoms. The summed E-state index contributed by atoms with van der Waals surface area (Å²) in [6.07, 6.45) is -0.565. The Labute approximate surface area is 112 Å². The molecule has 1 aromatic rings. The van der Waals surface area contributed by atoms with Crippen molar-refractivity contribution in [2.45, 2.75) is 32.9 Å². The van der Waals surface area contributed by atoms with E-state index in [-0.39, 0.29) is 25.5 Å². The number of carbonyl (C=O) groups is 1. The summed E-state index contributed by atoms with van der Waals surface area (Å²) in [5, 5.41) is 8.99. The van der Waals surface area contributed by atoms with Crippen molar-refractivity contribution in [1.29, 1.82) is 0 Å². The quantitative estimate of drug-likeness (QED) is 0.914. The lowest BCUT2D eigenvalue weighted by molar-refractivity contribution is 0.0200. The van der Waals surface area contributed by atoms with E-state index in [1.807, 2.05) is 0 Å². The molecule has 0 spiro atoms. The second-order valence-electron chi connectivity index (χ2n) is 5.22. The molecule has 0 unspecified atom stereocenters. The van der Waals surface area contributed by atoms with Crippen LogP contribution in [0.1, 0.15) is 26.3 Å². The van der Waals surface area contributed by atoms with E-state index in [4.69, 9.17) is 9.84 Å². The first-order valence-corrected chi connectivity index (χ1v) is 6.15. The topological polar surface area (TPSA) is 49.8 Å². The highest BCUT2D eigenvalue weighted by atomic mass is 19.1. The fourth-order valence-corrected chi connectivity index (χ4v) is 1.51. The van der Waals surface area contributed by atoms with Gasteiger partial charge in [0.1, 0.15) is 11.4 Å². The molecule has 0 bridgehead atoms. The van der Waals surface area contributed by atoms with Crippen LogP contribution in [0.5, 0.6) is 0 Å². The summed E-state index contributed by atoms with van der Waals surface area (Å²) in [4.78, 5) is 13.2. The van der Waals surface area contributed by atoms with Crippen molar-refractivity contribution in [3.05, 3.63) is 35.6 Å². The van der Waals surface area contributed by atoms with Crippen molar-refractivity contribution < 1.29 is 19.0 Å². The minimum Gasteiger partial charge on any atom is -0.444 e. The van der Waals surface area contributed by atoms with E-state index in [0.29, 0.717) is 5.56 Å². The third-order valence-corrected chi connectivity index (χ3v) is 2.34. The molecule has 0 saturated heterocycles. The van der Waals surface area contributed by atoms with Crippen molar-refractivity contribution in [2.75, 3.05) is 13.2 Å². The van der Waals surface area contributed by atoms with Crippen LogP contribution in [-0.4, -0.2) is 34.9 Å². The number of amides is 1. The zero-order valence-electron chi connectivity index (χ0n) is 11.5. The fraction of sp³-hybridized carbons (Fsp3) is 0.500. The standard InChI is InChI=1S/C14H20FNO3/c1-14(2,3)19-13(18)16(8-9-17)10-11-6-4-5-7-12(11)15/h4-7,17H,8-10H2,1-3H3. The number of carbonyl (C=O) groups excluding carboxylic acids is 1. The summed E-state index contributed by atoms with van der Waals surface area (Å²) >= 11 is 0. The van der Waals surface area contributed by atoms with Gasteiger partial charge in [0.25, 0.3) is 0 Å². The molecule has 106 valence electrons. The molecule has 4 nitrogen and oxygen atoms in total. The second-order valence-corrected chi connectivity index (χ2v) is 5.22. The smallest absolute Gasteiger partial charge is 0.410 e. The number of aliphatic hydroxyl groups is 1. The van der Waals surface area contributed by atoms with Crippen LogP contribution in [0.2, 0.25) is 0 Å². The molecule has 1 aromatic carbocycles. The second kappa shape index (κ2) is 6.52. The highest BCUT2D eigenvalue weighted by Gasteiger charge is 2.22. The maximum atomic E-state index is 13.6. The molecule has 0 fully saturated rings. The summed E-state index contributed by atoms with van der Waals surface area (Å²) in [5.74, 6) is -0.381. The van der Waals surface area contributed by atoms with Gasteiger partial charge in [-0.3, -0.25) is 0 Å². The molecule has 0 aromatic heterocycles. The minimum atomic E-state index is -0.625. The molecule has 0 aliphatic heterocycles. The third-order valence-electron chi connectivity index (χ3n) is 2.34. The van der Waals surface area contributed by atoms with Crippen LogP contribution in [0.4, 0.5) is 9.18 Å². The molecule has 0 aliphatic carbocycles. The molecule has 0 atom stereocenters. The van der Waals surface area contributed by atoms with Crippen LogP contribution in [0.25, 0.3) is 0 Å². The zero-order valence-corrected chi connectivity index (χ0v) is 11.5. The average Bonchev–Trinajstić information content (AvgIpc) is 2.29. The van der Waals surface area contributed by atoms with Crippen molar-refractivity contribution in [3.63, 3.8) is 0 Å². The first kappa shape index (κ1) is 15.4. The number of hydrogen-bond acceptors (Lipinski definition) is 3. The van der Waals surface area contributed by atoms with Crippen molar-refractivity contribution >= 4 is 6.09 Å². The maximum Gasteiger partial charge on any atom is 0.410 e. The summed E-state index contributed by atoms with van der Waals surface area (Å²) in [6, 6.07) is 6.22. The van der Waals surface area contributed by atoms with Gasteiger partial charge >= 0.3 is 6.09 Å². The van der Waals surface area contributed by atoms with Gasteiger partial charge < -0.3 is 14.7 Å². The largest absolute Gasteiger partial charge is 0.444 e. The molecule has 1 N–H and O–H groups in total. The van der Waals surface area contributed by atoms with Gasteiger partial charge in [-0.15, -0.1) is 0 Å². The Bertz CT molecular complexity index is 429. The van der Waals surface area contributed by atoms with Gasteiger partial charge in [0.15, 0.2) is 0 Å². The summed E-state index contributed by atoms with van der Waals surface area (Å²) < 4.78 is 18.8. The van der Waals surface area contributed by atoms with Crippen LogP contribution < -0.4 is 0 Å². The van der Waals surface area contributed by atoms with E-state index in [9.17, 15) is 9.18 Å². The normalized spacial score (nSPS) is 11.2. The average molecular weight is 269 g/mol. The lowest BCUT2D eigenvalue weighted by Crippen LogP contribution is -2.38. The summed E-state index contributed by atoms with van der Waals surface area (Å²) in [5.41, 5.74) is -0.234. The Hall–Kier alpha value is -1.62. The van der Waals surface area contributed by atoms with Crippen LogP contribution in [0.15, 0.2) is 24.3 Å². The Morgan fingerprint density at radius 3 is 2.53 bits per heavy atom. The fourth-order valence-electron chi connectivity index (χ4n) is 1.51. The van der Waals surface area contributed by atoms with Crippen molar-refractivity contribution in [1.82, 2.24) is 4.90 Å². The van der Waals surface area contributed by atoms with Gasteiger partial charge in [-0.05, 0) is 26.8 Å². The lowest BCUT2D eigenvalue weighted by Gasteiger charge is -2.27.